The largest absolute Gasteiger partial charge is 0.365 e. The lowest BCUT2D eigenvalue weighted by molar-refractivity contribution is 0.0964. The molecule has 0 radical (unpaired) electrons. The van der Waals surface area contributed by atoms with Crippen molar-refractivity contribution in [1.29, 1.82) is 0 Å². The Bertz CT molecular complexity index is 1160. The zero-order chi connectivity index (χ0) is 21.8. The number of benzene rings is 2. The number of pyridine rings is 1. The maximum absolute atomic E-state index is 13.1. The van der Waals surface area contributed by atoms with Crippen LogP contribution in [0.1, 0.15) is 42.3 Å². The van der Waals surface area contributed by atoms with E-state index in [-0.39, 0.29) is 13.4 Å². The summed E-state index contributed by atoms with van der Waals surface area (Å²) in [7, 11) is 0. The maximum atomic E-state index is 13.1. The van der Waals surface area contributed by atoms with Gasteiger partial charge in [-0.3, -0.25) is 9.78 Å². The predicted molar refractivity (Wildman–Crippen MR) is 131 cm³/mol. The fraction of sp³-hybridized carbons (Fsp3) is 0.214. The van der Waals surface area contributed by atoms with Crippen molar-refractivity contribution in [3.05, 3.63) is 114 Å². The van der Waals surface area contributed by atoms with Crippen molar-refractivity contribution in [1.82, 2.24) is 10.3 Å². The number of carbonyl (C=O) groups is 1. The molecule has 32 heavy (non-hydrogen) atoms. The number of nitrogens with zero attached hydrogens (tertiary/aromatic N) is 2. The first-order chi connectivity index (χ1) is 15.8. The normalized spacial score (nSPS) is 17.6. The van der Waals surface area contributed by atoms with E-state index >= 15 is 0 Å². The standard InChI is InChI=1S/C28H27N3O.H2/c32-27-19-28(30-22-12-6-2-7-13-22)31(24-14-8-3-9-15-24)26-18-23(29-20-25(26)27)17-16-21-10-4-1-5-11-21;/h1,3-6,8-15,18,20,28,30H,2,7,16-17,19H2;1H. The number of aryl methyl sites for hydroxylation is 2. The minimum Gasteiger partial charge on any atom is -0.365 e. The van der Waals surface area contributed by atoms with E-state index in [0.29, 0.717) is 12.0 Å². The number of aromatic nitrogens is 1. The van der Waals surface area contributed by atoms with E-state index in [1.165, 1.54) is 5.56 Å². The number of hydrogen-bond acceptors (Lipinski definition) is 4. The van der Waals surface area contributed by atoms with Gasteiger partial charge < -0.3 is 10.2 Å². The van der Waals surface area contributed by atoms with Crippen LogP contribution in [0.5, 0.6) is 0 Å². The van der Waals surface area contributed by atoms with Crippen LogP contribution >= 0.6 is 0 Å². The van der Waals surface area contributed by atoms with Gasteiger partial charge in [0.25, 0.3) is 0 Å². The van der Waals surface area contributed by atoms with E-state index in [4.69, 9.17) is 0 Å². The predicted octanol–water partition coefficient (Wildman–Crippen LogP) is 5.99. The third-order valence-electron chi connectivity index (χ3n) is 6.06. The number of Topliss-reactive ketones (excluding diaryl/α,β-unsaturated/α-hetero) is 1. The van der Waals surface area contributed by atoms with Crippen molar-refractivity contribution >= 4 is 17.2 Å². The maximum Gasteiger partial charge on any atom is 0.170 e. The molecule has 0 bridgehead atoms. The number of ketones is 1. The highest BCUT2D eigenvalue weighted by Crippen LogP contribution is 2.37. The Kier molecular flexibility index (Phi) is 5.84. The van der Waals surface area contributed by atoms with Gasteiger partial charge in [-0.15, -0.1) is 0 Å². The van der Waals surface area contributed by atoms with E-state index in [2.05, 4.69) is 75.9 Å². The number of carbonyl (C=O) groups excluding carboxylic acids is 1. The molecule has 1 aliphatic heterocycles. The number of para-hydroxylation sites is 1. The van der Waals surface area contributed by atoms with Crippen LogP contribution in [0.15, 0.2) is 96.9 Å². The third-order valence-corrected chi connectivity index (χ3v) is 6.06. The molecule has 2 heterocycles. The summed E-state index contributed by atoms with van der Waals surface area (Å²) in [4.78, 5) is 20.0. The summed E-state index contributed by atoms with van der Waals surface area (Å²) < 4.78 is 0. The Hall–Kier alpha value is -3.66. The van der Waals surface area contributed by atoms with Gasteiger partial charge in [0.1, 0.15) is 6.17 Å². The Morgan fingerprint density at radius 3 is 2.53 bits per heavy atom. The van der Waals surface area contributed by atoms with Crippen LogP contribution in [0.4, 0.5) is 11.4 Å². The van der Waals surface area contributed by atoms with Crippen LogP contribution in [0.2, 0.25) is 0 Å². The molecule has 0 saturated heterocycles. The molecule has 3 aromatic rings. The molecule has 0 fully saturated rings. The average molecular weight is 424 g/mol. The summed E-state index contributed by atoms with van der Waals surface area (Å²) in [5.74, 6) is 0.132. The van der Waals surface area contributed by atoms with Gasteiger partial charge in [-0.25, -0.2) is 0 Å². The highest BCUT2D eigenvalue weighted by atomic mass is 16.1. The van der Waals surface area contributed by atoms with E-state index in [0.717, 1.165) is 48.4 Å². The SMILES string of the molecule is O=C1CC(NC2=CCCC=C2)N(c2ccccc2)c2cc(CCc3ccccc3)ncc21.[HH]. The van der Waals surface area contributed by atoms with Crippen LogP contribution in [-0.4, -0.2) is 16.9 Å². The number of allylic oxidation sites excluding steroid dienone is 3. The molecule has 0 spiro atoms. The molecule has 1 aromatic heterocycles. The number of fused-ring (bicyclic) bond motifs is 1. The summed E-state index contributed by atoms with van der Waals surface area (Å²) in [6, 6.07) is 22.9. The first-order valence-corrected chi connectivity index (χ1v) is 11.3. The van der Waals surface area contributed by atoms with Crippen LogP contribution < -0.4 is 10.2 Å². The zero-order valence-electron chi connectivity index (χ0n) is 18.1. The molecule has 162 valence electrons. The molecule has 0 saturated carbocycles. The molecule has 1 unspecified atom stereocenters. The van der Waals surface area contributed by atoms with Gasteiger partial charge in [-0.1, -0.05) is 60.7 Å². The lowest BCUT2D eigenvalue weighted by Crippen LogP contribution is -2.47. The Morgan fingerprint density at radius 1 is 1.00 bits per heavy atom. The zero-order valence-corrected chi connectivity index (χ0v) is 18.1. The third kappa shape index (κ3) is 4.35. The molecule has 1 atom stereocenters. The second kappa shape index (κ2) is 9.23. The number of anilines is 2. The van der Waals surface area contributed by atoms with Gasteiger partial charge in [0.15, 0.2) is 5.78 Å². The van der Waals surface area contributed by atoms with Crippen molar-refractivity contribution < 1.29 is 6.22 Å². The average Bonchev–Trinajstić information content (AvgIpc) is 2.85. The first kappa shape index (κ1) is 20.3. The van der Waals surface area contributed by atoms with Crippen molar-refractivity contribution in [3.63, 3.8) is 0 Å². The summed E-state index contributed by atoms with van der Waals surface area (Å²) in [6.07, 6.45) is 12.4. The number of rotatable bonds is 6. The Morgan fingerprint density at radius 2 is 1.78 bits per heavy atom. The Labute approximate surface area is 190 Å². The fourth-order valence-corrected chi connectivity index (χ4v) is 4.44. The molecular weight excluding hydrogens is 394 g/mol. The lowest BCUT2D eigenvalue weighted by Gasteiger charge is -2.39. The van der Waals surface area contributed by atoms with Gasteiger partial charge in [-0.2, -0.15) is 0 Å². The topological polar surface area (TPSA) is 45.2 Å². The van der Waals surface area contributed by atoms with Gasteiger partial charge in [0.2, 0.25) is 0 Å². The first-order valence-electron chi connectivity index (χ1n) is 11.3. The summed E-state index contributed by atoms with van der Waals surface area (Å²) in [5, 5.41) is 3.61. The Balaban J connectivity index is 0.00000259. The van der Waals surface area contributed by atoms with Crippen molar-refractivity contribution in [3.8, 4) is 0 Å². The van der Waals surface area contributed by atoms with E-state index in [1.807, 2.05) is 24.3 Å². The van der Waals surface area contributed by atoms with E-state index in [1.54, 1.807) is 6.20 Å². The van der Waals surface area contributed by atoms with Gasteiger partial charge in [0, 0.05) is 24.7 Å². The molecule has 1 N–H and O–H groups in total. The van der Waals surface area contributed by atoms with Crippen LogP contribution in [-0.2, 0) is 12.8 Å². The quantitative estimate of drug-likeness (QED) is 0.529. The van der Waals surface area contributed by atoms with E-state index in [9.17, 15) is 4.79 Å². The minimum absolute atomic E-state index is 0. The number of nitrogens with one attached hydrogen (secondary N) is 1. The van der Waals surface area contributed by atoms with Crippen molar-refractivity contribution in [2.45, 2.75) is 38.3 Å². The second-order valence-corrected chi connectivity index (χ2v) is 8.31. The molecule has 4 nitrogen and oxygen atoms in total. The molecular formula is C28H29N3O. The highest BCUT2D eigenvalue weighted by molar-refractivity contribution is 6.04. The van der Waals surface area contributed by atoms with E-state index < -0.39 is 0 Å². The highest BCUT2D eigenvalue weighted by Gasteiger charge is 2.33. The van der Waals surface area contributed by atoms with Crippen molar-refractivity contribution in [2.75, 3.05) is 4.90 Å². The lowest BCUT2D eigenvalue weighted by atomic mass is 9.97. The molecule has 0 amide bonds. The second-order valence-electron chi connectivity index (χ2n) is 8.31. The van der Waals surface area contributed by atoms with Gasteiger partial charge >= 0.3 is 0 Å². The summed E-state index contributed by atoms with van der Waals surface area (Å²) in [6.45, 7) is 0. The van der Waals surface area contributed by atoms with Crippen LogP contribution in [0.3, 0.4) is 0 Å². The van der Waals surface area contributed by atoms with Gasteiger partial charge in [0.05, 0.1) is 17.7 Å². The summed E-state index contributed by atoms with van der Waals surface area (Å²) >= 11 is 0. The molecule has 5 rings (SSSR count). The molecule has 1 aliphatic carbocycles. The summed E-state index contributed by atoms with van der Waals surface area (Å²) in [5.41, 5.74) is 6.07. The monoisotopic (exact) mass is 423 g/mol. The smallest absolute Gasteiger partial charge is 0.170 e. The van der Waals surface area contributed by atoms with Crippen LogP contribution in [0, 0.1) is 0 Å². The van der Waals surface area contributed by atoms with Crippen molar-refractivity contribution in [2.24, 2.45) is 0 Å². The molecule has 4 heteroatoms. The molecule has 2 aromatic carbocycles. The van der Waals surface area contributed by atoms with Crippen LogP contribution in [0.25, 0.3) is 0 Å². The molecule has 2 aliphatic rings. The fourth-order valence-electron chi connectivity index (χ4n) is 4.44. The minimum atomic E-state index is -0.143. The van der Waals surface area contributed by atoms with Gasteiger partial charge in [-0.05, 0) is 55.5 Å². The number of hydrogen-bond donors (Lipinski definition) is 1.